The maximum atomic E-state index is 12.6. The monoisotopic (exact) mass is 346 g/mol. The first-order chi connectivity index (χ1) is 11.9. The molecule has 2 atom stereocenters. The summed E-state index contributed by atoms with van der Waals surface area (Å²) in [5.74, 6) is 0.272. The largest absolute Gasteiger partial charge is 0.497 e. The van der Waals surface area contributed by atoms with Gasteiger partial charge in [0.05, 0.1) is 19.1 Å². The molecule has 1 heterocycles. The number of carboxylic acid groups (broad SMARTS) is 1. The number of carboxylic acids is 1. The standard InChI is InChI=1S/C19H26N2O4/c1-20(10-14-5-3-7-16(9-14)25-2)17(22)12-21-11-15-6-4-8-19(15,13-21)18(23)24/h3,5,7,9,15H,4,6,8,10-13H2,1-2H3,(H,23,24)/t15-,19+/m0/s1. The number of carbonyl (C=O) groups is 2. The van der Waals surface area contributed by atoms with Crippen LogP contribution in [-0.2, 0) is 16.1 Å². The Bertz CT molecular complexity index is 663. The summed E-state index contributed by atoms with van der Waals surface area (Å²) in [6.07, 6.45) is 2.67. The van der Waals surface area contributed by atoms with Gasteiger partial charge in [-0.1, -0.05) is 18.6 Å². The van der Waals surface area contributed by atoms with Gasteiger partial charge in [-0.2, -0.15) is 0 Å². The Morgan fingerprint density at radius 1 is 1.44 bits per heavy atom. The Morgan fingerprint density at radius 3 is 2.92 bits per heavy atom. The number of hydrogen-bond donors (Lipinski definition) is 1. The van der Waals surface area contributed by atoms with Crippen LogP contribution >= 0.6 is 0 Å². The van der Waals surface area contributed by atoms with Crippen LogP contribution in [0.15, 0.2) is 24.3 Å². The summed E-state index contributed by atoms with van der Waals surface area (Å²) < 4.78 is 5.21. The van der Waals surface area contributed by atoms with Gasteiger partial charge < -0.3 is 14.7 Å². The Labute approximate surface area is 148 Å². The number of nitrogens with zero attached hydrogens (tertiary/aromatic N) is 2. The third-order valence-corrected chi connectivity index (χ3v) is 5.71. The zero-order valence-electron chi connectivity index (χ0n) is 14.9. The second kappa shape index (κ2) is 7.04. The first kappa shape index (κ1) is 17.7. The lowest BCUT2D eigenvalue weighted by Gasteiger charge is -2.24. The summed E-state index contributed by atoms with van der Waals surface area (Å²) in [6, 6.07) is 7.67. The number of ether oxygens (including phenoxy) is 1. The number of benzene rings is 1. The molecule has 1 aromatic rings. The molecule has 6 heteroatoms. The molecule has 1 saturated carbocycles. The Balaban J connectivity index is 1.58. The number of likely N-dealkylation sites (N-methyl/N-ethyl adjacent to an activating group) is 1. The van der Waals surface area contributed by atoms with E-state index in [2.05, 4.69) is 0 Å². The molecule has 136 valence electrons. The first-order valence-corrected chi connectivity index (χ1v) is 8.77. The predicted octanol–water partition coefficient (Wildman–Crippen LogP) is 1.84. The molecule has 3 rings (SSSR count). The van der Waals surface area contributed by atoms with Crippen LogP contribution in [0.4, 0.5) is 0 Å². The quantitative estimate of drug-likeness (QED) is 0.851. The number of fused-ring (bicyclic) bond motifs is 1. The van der Waals surface area contributed by atoms with E-state index in [1.165, 1.54) is 0 Å². The van der Waals surface area contributed by atoms with Crippen molar-refractivity contribution in [1.82, 2.24) is 9.80 Å². The smallest absolute Gasteiger partial charge is 0.311 e. The minimum absolute atomic E-state index is 0.0170. The van der Waals surface area contributed by atoms with Crippen molar-refractivity contribution >= 4 is 11.9 Å². The third-order valence-electron chi connectivity index (χ3n) is 5.71. The molecule has 0 unspecified atom stereocenters. The van der Waals surface area contributed by atoms with Gasteiger partial charge >= 0.3 is 5.97 Å². The zero-order chi connectivity index (χ0) is 18.0. The number of methoxy groups -OCH3 is 1. The number of rotatable bonds is 6. The minimum atomic E-state index is -0.699. The average molecular weight is 346 g/mol. The van der Waals surface area contributed by atoms with Crippen LogP contribution in [0, 0.1) is 11.3 Å². The SMILES string of the molecule is COc1cccc(CN(C)C(=O)CN2C[C@@H]3CCC[C@@]3(C(=O)O)C2)c1. The van der Waals surface area contributed by atoms with Crippen molar-refractivity contribution in [3.63, 3.8) is 0 Å². The number of carbonyl (C=O) groups excluding carboxylic acids is 1. The van der Waals surface area contributed by atoms with Crippen LogP contribution in [0.3, 0.4) is 0 Å². The summed E-state index contributed by atoms with van der Waals surface area (Å²) in [4.78, 5) is 28.0. The summed E-state index contributed by atoms with van der Waals surface area (Å²) >= 11 is 0. The topological polar surface area (TPSA) is 70.1 Å². The maximum Gasteiger partial charge on any atom is 0.311 e. The van der Waals surface area contributed by atoms with Crippen molar-refractivity contribution < 1.29 is 19.4 Å². The molecule has 1 N–H and O–H groups in total. The van der Waals surface area contributed by atoms with Crippen molar-refractivity contribution in [2.45, 2.75) is 25.8 Å². The van der Waals surface area contributed by atoms with E-state index in [9.17, 15) is 14.7 Å². The molecule has 0 bridgehead atoms. The van der Waals surface area contributed by atoms with Crippen molar-refractivity contribution in [3.8, 4) is 5.75 Å². The summed E-state index contributed by atoms with van der Waals surface area (Å²) in [6.45, 7) is 2.00. The van der Waals surface area contributed by atoms with Gasteiger partial charge in [-0.05, 0) is 36.5 Å². The second-order valence-corrected chi connectivity index (χ2v) is 7.32. The van der Waals surface area contributed by atoms with Crippen LogP contribution in [0.2, 0.25) is 0 Å². The highest BCUT2D eigenvalue weighted by Gasteiger charge is 2.54. The number of aliphatic carboxylic acids is 1. The van der Waals surface area contributed by atoms with Gasteiger partial charge in [0.15, 0.2) is 0 Å². The number of hydrogen-bond acceptors (Lipinski definition) is 4. The summed E-state index contributed by atoms with van der Waals surface area (Å²) in [5.41, 5.74) is 0.376. The van der Waals surface area contributed by atoms with Crippen LogP contribution in [-0.4, -0.2) is 60.6 Å². The first-order valence-electron chi connectivity index (χ1n) is 8.77. The molecular weight excluding hydrogens is 320 g/mol. The van der Waals surface area contributed by atoms with E-state index in [0.717, 1.165) is 30.6 Å². The zero-order valence-corrected chi connectivity index (χ0v) is 14.9. The summed E-state index contributed by atoms with van der Waals surface area (Å²) in [5, 5.41) is 9.65. The normalized spacial score (nSPS) is 25.6. The fraction of sp³-hybridized carbons (Fsp3) is 0.579. The Morgan fingerprint density at radius 2 is 2.24 bits per heavy atom. The maximum absolute atomic E-state index is 12.6. The molecule has 0 radical (unpaired) electrons. The summed E-state index contributed by atoms with van der Waals surface area (Å²) in [7, 11) is 3.40. The minimum Gasteiger partial charge on any atom is -0.497 e. The fourth-order valence-corrected chi connectivity index (χ4v) is 4.31. The number of likely N-dealkylation sites (tertiary alicyclic amines) is 1. The molecule has 1 aromatic carbocycles. The van der Waals surface area contributed by atoms with E-state index >= 15 is 0 Å². The highest BCUT2D eigenvalue weighted by Crippen LogP contribution is 2.48. The average Bonchev–Trinajstić information content (AvgIpc) is 3.12. The van der Waals surface area contributed by atoms with Gasteiger partial charge in [0.1, 0.15) is 5.75 Å². The second-order valence-electron chi connectivity index (χ2n) is 7.32. The molecule has 0 spiro atoms. The van der Waals surface area contributed by atoms with E-state index in [4.69, 9.17) is 4.74 Å². The molecule has 25 heavy (non-hydrogen) atoms. The molecule has 0 aromatic heterocycles. The lowest BCUT2D eigenvalue weighted by molar-refractivity contribution is -0.149. The van der Waals surface area contributed by atoms with Crippen molar-refractivity contribution in [1.29, 1.82) is 0 Å². The lowest BCUT2D eigenvalue weighted by atomic mass is 9.81. The molecule has 2 aliphatic rings. The van der Waals surface area contributed by atoms with E-state index in [-0.39, 0.29) is 18.4 Å². The van der Waals surface area contributed by atoms with Crippen molar-refractivity contribution in [2.24, 2.45) is 11.3 Å². The third kappa shape index (κ3) is 3.49. The Hall–Kier alpha value is -2.08. The highest BCUT2D eigenvalue weighted by molar-refractivity contribution is 5.79. The number of amides is 1. The fourth-order valence-electron chi connectivity index (χ4n) is 4.31. The van der Waals surface area contributed by atoms with E-state index in [0.29, 0.717) is 19.6 Å². The molecule has 6 nitrogen and oxygen atoms in total. The molecule has 1 amide bonds. The van der Waals surface area contributed by atoms with Gasteiger partial charge in [-0.3, -0.25) is 14.5 Å². The lowest BCUT2D eigenvalue weighted by Crippen LogP contribution is -2.40. The van der Waals surface area contributed by atoms with E-state index < -0.39 is 11.4 Å². The van der Waals surface area contributed by atoms with E-state index in [1.54, 1.807) is 19.1 Å². The van der Waals surface area contributed by atoms with Crippen LogP contribution in [0.1, 0.15) is 24.8 Å². The van der Waals surface area contributed by atoms with Gasteiger partial charge in [0, 0.05) is 26.7 Å². The van der Waals surface area contributed by atoms with Crippen LogP contribution < -0.4 is 4.74 Å². The van der Waals surface area contributed by atoms with E-state index in [1.807, 2.05) is 29.2 Å². The van der Waals surface area contributed by atoms with Crippen molar-refractivity contribution in [3.05, 3.63) is 29.8 Å². The molecule has 1 saturated heterocycles. The van der Waals surface area contributed by atoms with Crippen LogP contribution in [0.25, 0.3) is 0 Å². The van der Waals surface area contributed by atoms with Gasteiger partial charge in [0.25, 0.3) is 0 Å². The van der Waals surface area contributed by atoms with Gasteiger partial charge in [-0.25, -0.2) is 0 Å². The molecule has 2 fully saturated rings. The highest BCUT2D eigenvalue weighted by atomic mass is 16.5. The Kier molecular flexibility index (Phi) is 4.99. The van der Waals surface area contributed by atoms with Crippen molar-refractivity contribution in [2.75, 3.05) is 33.8 Å². The molecule has 1 aliphatic carbocycles. The molecule has 1 aliphatic heterocycles. The van der Waals surface area contributed by atoms with Crippen LogP contribution in [0.5, 0.6) is 5.75 Å². The predicted molar refractivity (Wildman–Crippen MR) is 93.3 cm³/mol. The van der Waals surface area contributed by atoms with Gasteiger partial charge in [0.2, 0.25) is 5.91 Å². The van der Waals surface area contributed by atoms with Gasteiger partial charge in [-0.15, -0.1) is 0 Å². The molecular formula is C19H26N2O4.